The molecular weight excluding hydrogens is 410 g/mol. The maximum atomic E-state index is 12.9. The summed E-state index contributed by atoms with van der Waals surface area (Å²) in [7, 11) is 0. The zero-order valence-electron chi connectivity index (χ0n) is 19.2. The number of nitrogens with zero attached hydrogens (tertiary/aromatic N) is 3. The summed E-state index contributed by atoms with van der Waals surface area (Å²) in [6.07, 6.45) is 1.35. The highest BCUT2D eigenvalue weighted by molar-refractivity contribution is 5.96. The highest BCUT2D eigenvalue weighted by Crippen LogP contribution is 2.33. The van der Waals surface area contributed by atoms with E-state index in [0.29, 0.717) is 19.6 Å². The number of carbonyl (C=O) groups excluding carboxylic acids is 1. The molecule has 0 spiro atoms. The summed E-state index contributed by atoms with van der Waals surface area (Å²) < 4.78 is 8.23. The number of carbonyl (C=O) groups is 1. The van der Waals surface area contributed by atoms with Gasteiger partial charge >= 0.3 is 0 Å². The predicted molar refractivity (Wildman–Crippen MR) is 132 cm³/mol. The molecule has 1 atom stereocenters. The van der Waals surface area contributed by atoms with Crippen molar-refractivity contribution >= 4 is 22.6 Å². The Bertz CT molecular complexity index is 1280. The molecule has 0 aliphatic carbocycles. The summed E-state index contributed by atoms with van der Waals surface area (Å²) in [5, 5.41) is 0. The normalized spacial score (nSPS) is 16.0. The summed E-state index contributed by atoms with van der Waals surface area (Å²) in [5.41, 5.74) is 5.45. The van der Waals surface area contributed by atoms with E-state index in [4.69, 9.17) is 9.72 Å². The van der Waals surface area contributed by atoms with Gasteiger partial charge in [0.05, 0.1) is 17.6 Å². The quantitative estimate of drug-likeness (QED) is 0.350. The molecule has 1 amide bonds. The van der Waals surface area contributed by atoms with Crippen LogP contribution < -0.4 is 9.64 Å². The summed E-state index contributed by atoms with van der Waals surface area (Å²) in [5.74, 6) is 2.12. The van der Waals surface area contributed by atoms with Crippen LogP contribution in [0.4, 0.5) is 5.69 Å². The minimum Gasteiger partial charge on any atom is -0.494 e. The van der Waals surface area contributed by atoms with Crippen molar-refractivity contribution < 1.29 is 9.53 Å². The van der Waals surface area contributed by atoms with E-state index < -0.39 is 0 Å². The number of ether oxygens (including phenoxy) is 1. The van der Waals surface area contributed by atoms with E-state index in [0.717, 1.165) is 46.8 Å². The molecule has 5 rings (SSSR count). The minimum atomic E-state index is 0.0726. The zero-order chi connectivity index (χ0) is 22.8. The number of para-hydroxylation sites is 2. The Balaban J connectivity index is 1.34. The molecule has 33 heavy (non-hydrogen) atoms. The lowest BCUT2D eigenvalue weighted by Crippen LogP contribution is -2.24. The Morgan fingerprint density at radius 3 is 2.61 bits per heavy atom. The molecule has 0 radical (unpaired) electrons. The number of anilines is 1. The van der Waals surface area contributed by atoms with Gasteiger partial charge in [0.2, 0.25) is 5.91 Å². The van der Waals surface area contributed by atoms with Gasteiger partial charge in [-0.25, -0.2) is 4.98 Å². The number of imidazole rings is 1. The van der Waals surface area contributed by atoms with Gasteiger partial charge in [0.1, 0.15) is 11.6 Å². The smallest absolute Gasteiger partial charge is 0.227 e. The maximum Gasteiger partial charge on any atom is 0.227 e. The number of hydrogen-bond donors (Lipinski definition) is 0. The molecule has 168 valence electrons. The first-order chi connectivity index (χ1) is 16.1. The standard InChI is InChI=1S/C28H29N3O2/c1-20-11-13-24(14-12-20)33-16-6-15-30-26-10-4-3-9-25(26)29-28(30)22-18-27(32)31(19-22)23-8-5-7-21(2)17-23/h3-5,7-14,17,22H,6,15-16,18-19H2,1-2H3/t22-/m0/s1. The first kappa shape index (κ1) is 21.3. The number of fused-ring (bicyclic) bond motifs is 1. The van der Waals surface area contributed by atoms with Crippen molar-refractivity contribution in [1.29, 1.82) is 0 Å². The number of aryl methyl sites for hydroxylation is 3. The summed E-state index contributed by atoms with van der Waals surface area (Å²) in [6, 6.07) is 24.5. The Kier molecular flexibility index (Phi) is 5.86. The lowest BCUT2D eigenvalue weighted by molar-refractivity contribution is -0.117. The average Bonchev–Trinajstić information content (AvgIpc) is 3.38. The molecule has 0 unspecified atom stereocenters. The molecule has 2 heterocycles. The third-order valence-electron chi connectivity index (χ3n) is 6.30. The SMILES string of the molecule is Cc1ccc(OCCCn2c([C@H]3CC(=O)N(c4cccc(C)c4)C3)nc3ccccc32)cc1. The lowest BCUT2D eigenvalue weighted by atomic mass is 10.1. The first-order valence-electron chi connectivity index (χ1n) is 11.6. The van der Waals surface area contributed by atoms with Crippen molar-refractivity contribution in [2.75, 3.05) is 18.1 Å². The van der Waals surface area contributed by atoms with Crippen LogP contribution in [0.1, 0.15) is 35.7 Å². The van der Waals surface area contributed by atoms with Crippen LogP contribution in [-0.2, 0) is 11.3 Å². The second-order valence-corrected chi connectivity index (χ2v) is 8.87. The van der Waals surface area contributed by atoms with E-state index in [9.17, 15) is 4.79 Å². The number of amides is 1. The maximum absolute atomic E-state index is 12.9. The van der Waals surface area contributed by atoms with Crippen LogP contribution in [0, 0.1) is 13.8 Å². The molecule has 3 aromatic carbocycles. The second kappa shape index (κ2) is 9.10. The van der Waals surface area contributed by atoms with Crippen LogP contribution in [0.3, 0.4) is 0 Å². The largest absolute Gasteiger partial charge is 0.494 e. The van der Waals surface area contributed by atoms with E-state index >= 15 is 0 Å². The van der Waals surface area contributed by atoms with Crippen LogP contribution in [0.5, 0.6) is 5.75 Å². The van der Waals surface area contributed by atoms with E-state index in [1.165, 1.54) is 5.56 Å². The fourth-order valence-electron chi connectivity index (χ4n) is 4.61. The Labute approximate surface area is 194 Å². The van der Waals surface area contributed by atoms with Crippen molar-refractivity contribution in [2.45, 2.75) is 39.2 Å². The minimum absolute atomic E-state index is 0.0726. The van der Waals surface area contributed by atoms with Gasteiger partial charge in [-0.1, -0.05) is 42.0 Å². The van der Waals surface area contributed by atoms with E-state index in [2.05, 4.69) is 48.7 Å². The highest BCUT2D eigenvalue weighted by atomic mass is 16.5. The molecule has 1 saturated heterocycles. The number of benzene rings is 3. The molecule has 0 N–H and O–H groups in total. The van der Waals surface area contributed by atoms with Gasteiger partial charge < -0.3 is 14.2 Å². The van der Waals surface area contributed by atoms with Gasteiger partial charge in [-0.2, -0.15) is 0 Å². The van der Waals surface area contributed by atoms with E-state index in [1.54, 1.807) is 0 Å². The Hall–Kier alpha value is -3.60. The van der Waals surface area contributed by atoms with Crippen molar-refractivity contribution in [3.8, 4) is 5.75 Å². The molecule has 1 fully saturated rings. The third kappa shape index (κ3) is 4.49. The molecule has 5 nitrogen and oxygen atoms in total. The predicted octanol–water partition coefficient (Wildman–Crippen LogP) is 5.64. The van der Waals surface area contributed by atoms with Gasteiger partial charge in [-0.3, -0.25) is 4.79 Å². The molecule has 1 aliphatic rings. The van der Waals surface area contributed by atoms with Gasteiger partial charge in [0.25, 0.3) is 0 Å². The lowest BCUT2D eigenvalue weighted by Gasteiger charge is -2.18. The van der Waals surface area contributed by atoms with Gasteiger partial charge in [0, 0.05) is 31.1 Å². The highest BCUT2D eigenvalue weighted by Gasteiger charge is 2.34. The topological polar surface area (TPSA) is 47.4 Å². The molecule has 4 aromatic rings. The fraction of sp³-hybridized carbons (Fsp3) is 0.286. The molecule has 1 aromatic heterocycles. The van der Waals surface area contributed by atoms with Crippen molar-refractivity contribution in [3.63, 3.8) is 0 Å². The summed E-state index contributed by atoms with van der Waals surface area (Å²) in [6.45, 7) is 6.22. The van der Waals surface area contributed by atoms with Crippen LogP contribution in [0.25, 0.3) is 11.0 Å². The molecule has 5 heteroatoms. The average molecular weight is 440 g/mol. The molecule has 0 saturated carbocycles. The van der Waals surface area contributed by atoms with E-state index in [1.807, 2.05) is 47.4 Å². The Morgan fingerprint density at radius 1 is 0.970 bits per heavy atom. The first-order valence-corrected chi connectivity index (χ1v) is 11.6. The van der Waals surface area contributed by atoms with Crippen LogP contribution in [0.2, 0.25) is 0 Å². The van der Waals surface area contributed by atoms with Crippen molar-refractivity contribution in [1.82, 2.24) is 9.55 Å². The number of aromatic nitrogens is 2. The van der Waals surface area contributed by atoms with Crippen LogP contribution in [-0.4, -0.2) is 28.6 Å². The second-order valence-electron chi connectivity index (χ2n) is 8.87. The summed E-state index contributed by atoms with van der Waals surface area (Å²) in [4.78, 5) is 19.8. The molecule has 0 bridgehead atoms. The van der Waals surface area contributed by atoms with Gasteiger partial charge in [-0.15, -0.1) is 0 Å². The zero-order valence-corrected chi connectivity index (χ0v) is 19.2. The summed E-state index contributed by atoms with van der Waals surface area (Å²) >= 11 is 0. The van der Waals surface area contributed by atoms with E-state index in [-0.39, 0.29) is 11.8 Å². The van der Waals surface area contributed by atoms with Gasteiger partial charge in [0.15, 0.2) is 0 Å². The van der Waals surface area contributed by atoms with Crippen LogP contribution in [0.15, 0.2) is 72.8 Å². The third-order valence-corrected chi connectivity index (χ3v) is 6.30. The van der Waals surface area contributed by atoms with Crippen molar-refractivity contribution in [2.24, 2.45) is 0 Å². The van der Waals surface area contributed by atoms with Gasteiger partial charge in [-0.05, 0) is 62.2 Å². The fourth-order valence-corrected chi connectivity index (χ4v) is 4.61. The Morgan fingerprint density at radius 2 is 1.79 bits per heavy atom. The van der Waals surface area contributed by atoms with Crippen LogP contribution >= 0.6 is 0 Å². The van der Waals surface area contributed by atoms with Crippen molar-refractivity contribution in [3.05, 3.63) is 89.7 Å². The number of rotatable bonds is 7. The molecular formula is C28H29N3O2. The number of hydrogen-bond acceptors (Lipinski definition) is 3. The molecule has 1 aliphatic heterocycles. The monoisotopic (exact) mass is 439 g/mol.